The van der Waals surface area contributed by atoms with E-state index in [0.29, 0.717) is 18.2 Å². The smallest absolute Gasteiger partial charge is 0.0612 e. The zero-order valence-electron chi connectivity index (χ0n) is 11.4. The van der Waals surface area contributed by atoms with E-state index >= 15 is 0 Å². The Morgan fingerprint density at radius 1 is 1.31 bits per heavy atom. The van der Waals surface area contributed by atoms with E-state index in [2.05, 4.69) is 33.0 Å². The molecule has 0 radical (unpaired) electrons. The molecule has 1 saturated carbocycles. The van der Waals surface area contributed by atoms with Crippen LogP contribution in [-0.2, 0) is 9.47 Å². The van der Waals surface area contributed by atoms with Gasteiger partial charge < -0.3 is 14.8 Å². The van der Waals surface area contributed by atoms with Gasteiger partial charge in [0.2, 0.25) is 0 Å². The minimum Gasteiger partial charge on any atom is -0.385 e. The lowest BCUT2D eigenvalue weighted by Gasteiger charge is -2.40. The maximum Gasteiger partial charge on any atom is 0.0612 e. The molecule has 96 valence electrons. The Hall–Kier alpha value is -0.120. The largest absolute Gasteiger partial charge is 0.385 e. The van der Waals surface area contributed by atoms with Gasteiger partial charge in [-0.05, 0) is 47.0 Å². The fourth-order valence-electron chi connectivity index (χ4n) is 2.08. The summed E-state index contributed by atoms with van der Waals surface area (Å²) >= 11 is 0. The Bertz CT molecular complexity index is 195. The van der Waals surface area contributed by atoms with Crippen molar-refractivity contribution in [1.82, 2.24) is 5.32 Å². The van der Waals surface area contributed by atoms with E-state index in [0.717, 1.165) is 25.9 Å². The highest BCUT2D eigenvalue weighted by molar-refractivity contribution is 4.88. The number of rotatable bonds is 6. The van der Waals surface area contributed by atoms with Crippen molar-refractivity contribution >= 4 is 0 Å². The molecule has 0 saturated heterocycles. The summed E-state index contributed by atoms with van der Waals surface area (Å²) in [7, 11) is 1.75. The third-order valence-corrected chi connectivity index (χ3v) is 2.89. The van der Waals surface area contributed by atoms with Gasteiger partial charge in [-0.1, -0.05) is 0 Å². The maximum absolute atomic E-state index is 5.90. The Morgan fingerprint density at radius 2 is 1.94 bits per heavy atom. The van der Waals surface area contributed by atoms with Gasteiger partial charge in [0.1, 0.15) is 0 Å². The molecule has 1 unspecified atom stereocenters. The van der Waals surface area contributed by atoms with Crippen LogP contribution in [0.15, 0.2) is 0 Å². The molecule has 0 aliphatic heterocycles. The molecule has 1 atom stereocenters. The van der Waals surface area contributed by atoms with Crippen LogP contribution >= 0.6 is 0 Å². The van der Waals surface area contributed by atoms with E-state index < -0.39 is 0 Å². The van der Waals surface area contributed by atoms with Crippen LogP contribution in [0.5, 0.6) is 0 Å². The van der Waals surface area contributed by atoms with Gasteiger partial charge in [-0.2, -0.15) is 0 Å². The van der Waals surface area contributed by atoms with Crippen LogP contribution in [-0.4, -0.2) is 37.5 Å². The molecule has 1 rings (SSSR count). The topological polar surface area (TPSA) is 30.5 Å². The van der Waals surface area contributed by atoms with Crippen LogP contribution in [0.25, 0.3) is 0 Å². The number of hydrogen-bond acceptors (Lipinski definition) is 3. The van der Waals surface area contributed by atoms with Crippen LogP contribution in [0, 0.1) is 0 Å². The van der Waals surface area contributed by atoms with E-state index in [9.17, 15) is 0 Å². The zero-order chi connectivity index (χ0) is 12.2. The second-order valence-corrected chi connectivity index (χ2v) is 5.87. The monoisotopic (exact) mass is 229 g/mol. The number of nitrogens with one attached hydrogen (secondary N) is 1. The minimum atomic E-state index is -0.00268. The lowest BCUT2D eigenvalue weighted by molar-refractivity contribution is -0.103. The number of methoxy groups -OCH3 is 1. The molecule has 0 amide bonds. The van der Waals surface area contributed by atoms with Gasteiger partial charge in [0.15, 0.2) is 0 Å². The van der Waals surface area contributed by atoms with Crippen LogP contribution < -0.4 is 5.32 Å². The number of ether oxygens (including phenoxy) is 2. The van der Waals surface area contributed by atoms with Crippen molar-refractivity contribution < 1.29 is 9.47 Å². The van der Waals surface area contributed by atoms with Crippen molar-refractivity contribution in [1.29, 1.82) is 0 Å². The molecule has 1 fully saturated rings. The normalized spacial score (nSPS) is 27.6. The zero-order valence-corrected chi connectivity index (χ0v) is 11.4. The summed E-state index contributed by atoms with van der Waals surface area (Å²) in [5.41, 5.74) is -0.00268. The van der Waals surface area contributed by atoms with Crippen LogP contribution in [0.2, 0.25) is 0 Å². The maximum atomic E-state index is 5.90. The molecule has 3 heteroatoms. The van der Waals surface area contributed by atoms with E-state index in [1.54, 1.807) is 7.11 Å². The lowest BCUT2D eigenvalue weighted by atomic mass is 9.88. The average molecular weight is 229 g/mol. The Labute approximate surface area is 99.9 Å². The molecule has 3 nitrogen and oxygen atoms in total. The molecule has 1 aliphatic rings. The molecule has 0 spiro atoms. The van der Waals surface area contributed by atoms with Gasteiger partial charge >= 0.3 is 0 Å². The third kappa shape index (κ3) is 5.28. The summed E-state index contributed by atoms with van der Waals surface area (Å²) < 4.78 is 11.0. The highest BCUT2D eigenvalue weighted by Gasteiger charge is 2.33. The van der Waals surface area contributed by atoms with E-state index in [1.807, 2.05) is 0 Å². The highest BCUT2D eigenvalue weighted by atomic mass is 16.5. The Balaban J connectivity index is 2.07. The van der Waals surface area contributed by atoms with Gasteiger partial charge in [0.05, 0.1) is 11.7 Å². The standard InChI is InChI=1S/C13H27NO2/c1-10(6-7-15-5)14-11-8-12(9-11)16-13(2,3)4/h10-12,14H,6-9H2,1-5H3. The predicted octanol–water partition coefficient (Wildman–Crippen LogP) is 2.35. The summed E-state index contributed by atoms with van der Waals surface area (Å²) in [5.74, 6) is 0. The fourth-order valence-corrected chi connectivity index (χ4v) is 2.08. The summed E-state index contributed by atoms with van der Waals surface area (Å²) in [6.45, 7) is 9.42. The van der Waals surface area contributed by atoms with E-state index in [1.165, 1.54) is 0 Å². The van der Waals surface area contributed by atoms with Crippen LogP contribution in [0.1, 0.15) is 47.0 Å². The molecule has 1 aliphatic carbocycles. The lowest BCUT2D eigenvalue weighted by Crippen LogP contribution is -2.50. The van der Waals surface area contributed by atoms with E-state index in [4.69, 9.17) is 9.47 Å². The fraction of sp³-hybridized carbons (Fsp3) is 1.00. The van der Waals surface area contributed by atoms with Gasteiger partial charge in [0, 0.05) is 25.8 Å². The van der Waals surface area contributed by atoms with Crippen molar-refractivity contribution in [3.05, 3.63) is 0 Å². The first-order chi connectivity index (χ1) is 7.40. The minimum absolute atomic E-state index is 0.00268. The van der Waals surface area contributed by atoms with Gasteiger partial charge in [-0.25, -0.2) is 0 Å². The van der Waals surface area contributed by atoms with Crippen molar-refractivity contribution in [3.63, 3.8) is 0 Å². The SMILES string of the molecule is COCCC(C)NC1CC(OC(C)(C)C)C1. The molecular formula is C13H27NO2. The van der Waals surface area contributed by atoms with Crippen LogP contribution in [0.4, 0.5) is 0 Å². The summed E-state index contributed by atoms with van der Waals surface area (Å²) in [6, 6.07) is 1.18. The summed E-state index contributed by atoms with van der Waals surface area (Å²) in [4.78, 5) is 0. The predicted molar refractivity (Wildman–Crippen MR) is 66.7 cm³/mol. The molecule has 1 N–H and O–H groups in total. The molecule has 0 bridgehead atoms. The first-order valence-corrected chi connectivity index (χ1v) is 6.33. The van der Waals surface area contributed by atoms with Crippen molar-refractivity contribution in [3.8, 4) is 0 Å². The first-order valence-electron chi connectivity index (χ1n) is 6.33. The van der Waals surface area contributed by atoms with Gasteiger partial charge in [-0.3, -0.25) is 0 Å². The third-order valence-electron chi connectivity index (χ3n) is 2.89. The average Bonchev–Trinajstić information content (AvgIpc) is 2.09. The second-order valence-electron chi connectivity index (χ2n) is 5.87. The van der Waals surface area contributed by atoms with Crippen molar-refractivity contribution in [2.24, 2.45) is 0 Å². The Morgan fingerprint density at radius 3 is 2.44 bits per heavy atom. The van der Waals surface area contributed by atoms with Crippen molar-refractivity contribution in [2.75, 3.05) is 13.7 Å². The van der Waals surface area contributed by atoms with Gasteiger partial charge in [0.25, 0.3) is 0 Å². The molecule has 0 aromatic carbocycles. The molecule has 0 aromatic heterocycles. The molecular weight excluding hydrogens is 202 g/mol. The quantitative estimate of drug-likeness (QED) is 0.758. The second kappa shape index (κ2) is 5.99. The molecule has 0 heterocycles. The van der Waals surface area contributed by atoms with Gasteiger partial charge in [-0.15, -0.1) is 0 Å². The first kappa shape index (κ1) is 13.9. The number of hydrogen-bond donors (Lipinski definition) is 1. The molecule has 16 heavy (non-hydrogen) atoms. The highest BCUT2D eigenvalue weighted by Crippen LogP contribution is 2.28. The molecule has 0 aromatic rings. The summed E-state index contributed by atoms with van der Waals surface area (Å²) in [5, 5.41) is 3.61. The summed E-state index contributed by atoms with van der Waals surface area (Å²) in [6.07, 6.45) is 3.83. The van der Waals surface area contributed by atoms with E-state index in [-0.39, 0.29) is 5.60 Å². The van der Waals surface area contributed by atoms with Crippen LogP contribution in [0.3, 0.4) is 0 Å². The van der Waals surface area contributed by atoms with Crippen molar-refractivity contribution in [2.45, 2.75) is 70.7 Å². The Kier molecular flexibility index (Phi) is 5.22.